The summed E-state index contributed by atoms with van der Waals surface area (Å²) in [6.45, 7) is 3.90. The lowest BCUT2D eigenvalue weighted by atomic mass is 10.1. The molecule has 8 nitrogen and oxygen atoms in total. The molecule has 0 spiro atoms. The maximum atomic E-state index is 13.5. The van der Waals surface area contributed by atoms with Crippen LogP contribution < -0.4 is 10.3 Å². The number of benzene rings is 2. The molecule has 3 aromatic heterocycles. The van der Waals surface area contributed by atoms with Crippen LogP contribution in [0.5, 0.6) is 5.75 Å². The van der Waals surface area contributed by atoms with E-state index in [1.807, 2.05) is 73.8 Å². The van der Waals surface area contributed by atoms with E-state index in [4.69, 9.17) is 4.74 Å². The smallest absolute Gasteiger partial charge is 0.301 e. The van der Waals surface area contributed by atoms with Crippen LogP contribution in [0.1, 0.15) is 10.6 Å². The normalized spacial score (nSPS) is 11.4. The molecule has 170 valence electrons. The van der Waals surface area contributed by atoms with Crippen LogP contribution in [0, 0.1) is 13.8 Å². The van der Waals surface area contributed by atoms with Gasteiger partial charge in [0.25, 0.3) is 0 Å². The molecule has 0 amide bonds. The first-order valence-corrected chi connectivity index (χ1v) is 12.1. The molecule has 0 fully saturated rings. The number of aryl methyl sites for hydroxylation is 2. The van der Waals surface area contributed by atoms with E-state index in [9.17, 15) is 4.79 Å². The third kappa shape index (κ3) is 4.20. The Morgan fingerprint density at radius 1 is 1.00 bits per heavy atom. The first-order valence-electron chi connectivity index (χ1n) is 10.4. The highest BCUT2D eigenvalue weighted by Gasteiger charge is 2.20. The number of rotatable bonds is 6. The fraction of sp³-hybridized carbons (Fsp3) is 0.125. The molecule has 0 atom stereocenters. The summed E-state index contributed by atoms with van der Waals surface area (Å²) in [6, 6.07) is 17.2. The second-order valence-corrected chi connectivity index (χ2v) is 9.45. The molecule has 2 aromatic carbocycles. The number of hydrogen-bond acceptors (Lipinski definition) is 8. The highest BCUT2D eigenvalue weighted by molar-refractivity contribution is 7.15. The molecule has 0 bridgehead atoms. The van der Waals surface area contributed by atoms with E-state index in [-0.39, 0.29) is 11.2 Å². The minimum absolute atomic E-state index is 0.176. The van der Waals surface area contributed by atoms with Crippen molar-refractivity contribution < 1.29 is 4.74 Å². The third-order valence-electron chi connectivity index (χ3n) is 5.23. The molecular weight excluding hydrogens is 468 g/mol. The average Bonchev–Trinajstić information content (AvgIpc) is 3.56. The average molecular weight is 489 g/mol. The van der Waals surface area contributed by atoms with E-state index >= 15 is 0 Å². The molecule has 0 radical (unpaired) electrons. The predicted molar refractivity (Wildman–Crippen MR) is 135 cm³/mol. The predicted octanol–water partition coefficient (Wildman–Crippen LogP) is 6.45. The highest BCUT2D eigenvalue weighted by Crippen LogP contribution is 2.32. The van der Waals surface area contributed by atoms with E-state index in [0.717, 1.165) is 27.4 Å². The second-order valence-electron chi connectivity index (χ2n) is 7.43. The molecule has 5 rings (SSSR count). The summed E-state index contributed by atoms with van der Waals surface area (Å²) >= 11 is 2.80. The lowest BCUT2D eigenvalue weighted by molar-refractivity contribution is 0.415. The van der Waals surface area contributed by atoms with E-state index in [0.29, 0.717) is 21.7 Å². The number of ether oxygens (including phenoxy) is 1. The van der Waals surface area contributed by atoms with E-state index in [2.05, 4.69) is 25.3 Å². The molecule has 0 unspecified atom stereocenters. The van der Waals surface area contributed by atoms with Crippen molar-refractivity contribution in [3.05, 3.63) is 80.9 Å². The molecule has 1 N–H and O–H groups in total. The summed E-state index contributed by atoms with van der Waals surface area (Å²) in [4.78, 5) is 23.6. The van der Waals surface area contributed by atoms with Gasteiger partial charge in [-0.3, -0.25) is 9.89 Å². The SMILES string of the molecule is COc1cccc(-c2[nH]n(-c3nc(-c4ccccc4)cs3)c(=O)c2N=Nc2nc(C)c(C)s2)c1. The van der Waals surface area contributed by atoms with Crippen molar-refractivity contribution in [3.8, 4) is 33.4 Å². The van der Waals surface area contributed by atoms with Crippen LogP contribution in [-0.2, 0) is 0 Å². The van der Waals surface area contributed by atoms with Crippen LogP contribution in [0.2, 0.25) is 0 Å². The van der Waals surface area contributed by atoms with Crippen molar-refractivity contribution in [2.24, 2.45) is 10.2 Å². The van der Waals surface area contributed by atoms with Gasteiger partial charge in [0.2, 0.25) is 10.3 Å². The molecule has 0 aliphatic carbocycles. The number of aromatic amines is 1. The molecule has 0 aliphatic heterocycles. The van der Waals surface area contributed by atoms with Crippen LogP contribution in [0.15, 0.2) is 75.0 Å². The fourth-order valence-corrected chi connectivity index (χ4v) is 4.86. The largest absolute Gasteiger partial charge is 0.497 e. The van der Waals surface area contributed by atoms with Crippen molar-refractivity contribution in [2.45, 2.75) is 13.8 Å². The van der Waals surface area contributed by atoms with Gasteiger partial charge < -0.3 is 4.74 Å². The molecular formula is C24H20N6O2S2. The third-order valence-corrected chi connectivity index (χ3v) is 7.01. The summed E-state index contributed by atoms with van der Waals surface area (Å²) in [6.07, 6.45) is 0. The zero-order chi connectivity index (χ0) is 23.7. The molecule has 0 saturated heterocycles. The minimum Gasteiger partial charge on any atom is -0.497 e. The lowest BCUT2D eigenvalue weighted by Crippen LogP contribution is -2.13. The van der Waals surface area contributed by atoms with Gasteiger partial charge in [-0.25, -0.2) is 9.97 Å². The Bertz CT molecular complexity index is 1530. The summed E-state index contributed by atoms with van der Waals surface area (Å²) in [5, 5.41) is 14.7. The highest BCUT2D eigenvalue weighted by atomic mass is 32.1. The van der Waals surface area contributed by atoms with Crippen molar-refractivity contribution in [1.82, 2.24) is 19.7 Å². The molecule has 0 saturated carbocycles. The van der Waals surface area contributed by atoms with Crippen LogP contribution in [-0.4, -0.2) is 26.9 Å². The first-order chi connectivity index (χ1) is 16.5. The number of H-pyrrole nitrogens is 1. The Hall–Kier alpha value is -3.89. The number of hydrogen-bond donors (Lipinski definition) is 1. The lowest BCUT2D eigenvalue weighted by Gasteiger charge is -2.03. The van der Waals surface area contributed by atoms with Gasteiger partial charge in [-0.1, -0.05) is 53.8 Å². The van der Waals surface area contributed by atoms with Gasteiger partial charge in [0, 0.05) is 21.4 Å². The Kier molecular flexibility index (Phi) is 5.91. The Labute approximate surface area is 203 Å². The molecule has 5 aromatic rings. The van der Waals surface area contributed by atoms with Crippen molar-refractivity contribution in [3.63, 3.8) is 0 Å². The van der Waals surface area contributed by atoms with Crippen molar-refractivity contribution in [1.29, 1.82) is 0 Å². The Morgan fingerprint density at radius 3 is 2.53 bits per heavy atom. The summed E-state index contributed by atoms with van der Waals surface area (Å²) in [5.41, 5.74) is 3.77. The number of aromatic nitrogens is 4. The van der Waals surface area contributed by atoms with Gasteiger partial charge >= 0.3 is 5.56 Å². The zero-order valence-electron chi connectivity index (χ0n) is 18.6. The maximum absolute atomic E-state index is 13.5. The molecule has 0 aliphatic rings. The van der Waals surface area contributed by atoms with Gasteiger partial charge in [0.05, 0.1) is 24.2 Å². The molecule has 10 heteroatoms. The van der Waals surface area contributed by atoms with Crippen molar-refractivity contribution in [2.75, 3.05) is 7.11 Å². The van der Waals surface area contributed by atoms with E-state index < -0.39 is 0 Å². The fourth-order valence-electron chi connectivity index (χ4n) is 3.34. The number of nitrogens with one attached hydrogen (secondary N) is 1. The van der Waals surface area contributed by atoms with Gasteiger partial charge in [0.1, 0.15) is 5.75 Å². The second kappa shape index (κ2) is 9.16. The van der Waals surface area contributed by atoms with E-state index in [1.165, 1.54) is 27.4 Å². The molecule has 34 heavy (non-hydrogen) atoms. The van der Waals surface area contributed by atoms with Gasteiger partial charge in [-0.2, -0.15) is 4.68 Å². The van der Waals surface area contributed by atoms with Gasteiger partial charge in [-0.15, -0.1) is 21.6 Å². The van der Waals surface area contributed by atoms with Crippen LogP contribution >= 0.6 is 22.7 Å². The van der Waals surface area contributed by atoms with Crippen molar-refractivity contribution >= 4 is 33.5 Å². The number of thiazole rings is 2. The summed E-state index contributed by atoms with van der Waals surface area (Å²) in [7, 11) is 1.60. The monoisotopic (exact) mass is 488 g/mol. The number of nitrogens with zero attached hydrogens (tertiary/aromatic N) is 5. The number of azo groups is 1. The van der Waals surface area contributed by atoms with Crippen LogP contribution in [0.3, 0.4) is 0 Å². The Balaban J connectivity index is 1.62. The number of methoxy groups -OCH3 is 1. The summed E-state index contributed by atoms with van der Waals surface area (Å²) in [5.74, 6) is 0.667. The Morgan fingerprint density at radius 2 is 1.79 bits per heavy atom. The summed E-state index contributed by atoms with van der Waals surface area (Å²) < 4.78 is 6.77. The first kappa shape index (κ1) is 21.9. The maximum Gasteiger partial charge on any atom is 0.301 e. The quantitative estimate of drug-likeness (QED) is 0.278. The topological polar surface area (TPSA) is 97.5 Å². The zero-order valence-corrected chi connectivity index (χ0v) is 20.3. The van der Waals surface area contributed by atoms with Crippen LogP contribution in [0.4, 0.5) is 10.8 Å². The minimum atomic E-state index is -0.347. The van der Waals surface area contributed by atoms with Gasteiger partial charge in [-0.05, 0) is 26.0 Å². The van der Waals surface area contributed by atoms with E-state index in [1.54, 1.807) is 7.11 Å². The van der Waals surface area contributed by atoms with Crippen LogP contribution in [0.25, 0.3) is 27.6 Å². The molecule has 3 heterocycles. The van der Waals surface area contributed by atoms with Gasteiger partial charge in [0.15, 0.2) is 5.69 Å². The standard InChI is InChI=1S/C24H20N6O2S2/c1-14-15(2)34-23(25-14)28-27-21-20(17-10-7-11-18(12-17)32-3)29-30(22(21)31)24-26-19(13-33-24)16-8-5-4-6-9-16/h4-13,29H,1-3H3.